The fourth-order valence-corrected chi connectivity index (χ4v) is 4.93. The molecule has 3 heteroatoms. The highest BCUT2D eigenvalue weighted by molar-refractivity contribution is 6.04. The fraction of sp³-hybridized carbons (Fsp3) is 0.269. The molecule has 0 amide bonds. The standard InChI is InChI=1S/C26H25NO2/c1-26(2)14-21-25(22(28)15-26)23(17-8-11-18(29-3)12-9-17)24-19-7-5-4-6-16(19)10-13-20(24)27-21/h4-13,23,27H,14-15H2,1-3H3/t23-/m1/s1. The minimum atomic E-state index is -0.0677. The molecule has 1 aliphatic heterocycles. The maximum Gasteiger partial charge on any atom is 0.162 e. The van der Waals surface area contributed by atoms with Gasteiger partial charge in [-0.1, -0.05) is 56.3 Å². The average Bonchev–Trinajstić information content (AvgIpc) is 2.71. The van der Waals surface area contributed by atoms with Crippen LogP contribution in [0, 0.1) is 5.41 Å². The zero-order valence-electron chi connectivity index (χ0n) is 17.1. The molecule has 29 heavy (non-hydrogen) atoms. The Labute approximate surface area is 171 Å². The molecule has 0 saturated carbocycles. The number of hydrogen-bond acceptors (Lipinski definition) is 3. The van der Waals surface area contributed by atoms with Crippen LogP contribution in [0.2, 0.25) is 0 Å². The number of hydrogen-bond donors (Lipinski definition) is 1. The van der Waals surface area contributed by atoms with Crippen molar-refractivity contribution in [3.8, 4) is 5.75 Å². The highest BCUT2D eigenvalue weighted by atomic mass is 16.5. The van der Waals surface area contributed by atoms with E-state index in [0.29, 0.717) is 6.42 Å². The first-order valence-electron chi connectivity index (χ1n) is 10.2. The van der Waals surface area contributed by atoms with Crippen LogP contribution in [0.15, 0.2) is 71.9 Å². The van der Waals surface area contributed by atoms with E-state index in [4.69, 9.17) is 4.74 Å². The molecule has 3 aromatic carbocycles. The summed E-state index contributed by atoms with van der Waals surface area (Å²) < 4.78 is 5.36. The van der Waals surface area contributed by atoms with Gasteiger partial charge in [0.25, 0.3) is 0 Å². The summed E-state index contributed by atoms with van der Waals surface area (Å²) in [5.41, 5.74) is 5.41. The number of carbonyl (C=O) groups excluding carboxylic acids is 1. The summed E-state index contributed by atoms with van der Waals surface area (Å²) >= 11 is 0. The Morgan fingerprint density at radius 2 is 1.72 bits per heavy atom. The second-order valence-corrected chi connectivity index (χ2v) is 8.91. The third-order valence-electron chi connectivity index (χ3n) is 6.20. The Hall–Kier alpha value is -3.07. The van der Waals surface area contributed by atoms with E-state index in [2.05, 4.69) is 67.7 Å². The van der Waals surface area contributed by atoms with Crippen LogP contribution < -0.4 is 10.1 Å². The molecular formula is C26H25NO2. The van der Waals surface area contributed by atoms with E-state index in [1.54, 1.807) is 7.11 Å². The maximum atomic E-state index is 13.4. The molecule has 5 rings (SSSR count). The quantitative estimate of drug-likeness (QED) is 0.585. The average molecular weight is 383 g/mol. The van der Waals surface area contributed by atoms with Crippen LogP contribution in [0.1, 0.15) is 43.7 Å². The number of benzene rings is 3. The van der Waals surface area contributed by atoms with Crippen molar-refractivity contribution >= 4 is 22.2 Å². The van der Waals surface area contributed by atoms with E-state index < -0.39 is 0 Å². The SMILES string of the molecule is COc1ccc([C@H]2C3=C(CC(C)(C)CC3=O)Nc3ccc4ccccc4c32)cc1. The Balaban J connectivity index is 1.79. The highest BCUT2D eigenvalue weighted by Gasteiger charge is 2.41. The molecule has 1 atom stereocenters. The van der Waals surface area contributed by atoms with Crippen LogP contribution in [0.4, 0.5) is 5.69 Å². The first-order chi connectivity index (χ1) is 14.0. The number of rotatable bonds is 2. The third kappa shape index (κ3) is 2.93. The maximum absolute atomic E-state index is 13.4. The topological polar surface area (TPSA) is 38.3 Å². The second-order valence-electron chi connectivity index (χ2n) is 8.91. The Morgan fingerprint density at radius 1 is 0.966 bits per heavy atom. The lowest BCUT2D eigenvalue weighted by atomic mass is 9.68. The lowest BCUT2D eigenvalue weighted by Crippen LogP contribution is -2.33. The summed E-state index contributed by atoms with van der Waals surface area (Å²) in [4.78, 5) is 13.4. The van der Waals surface area contributed by atoms with Crippen LogP contribution in [-0.2, 0) is 4.79 Å². The molecule has 146 valence electrons. The number of methoxy groups -OCH3 is 1. The lowest BCUT2D eigenvalue weighted by molar-refractivity contribution is -0.118. The molecule has 0 saturated heterocycles. The number of allylic oxidation sites excluding steroid dienone is 2. The van der Waals surface area contributed by atoms with Crippen molar-refractivity contribution in [1.82, 2.24) is 0 Å². The number of nitrogens with one attached hydrogen (secondary N) is 1. The molecule has 0 fully saturated rings. The predicted octanol–water partition coefficient (Wildman–Crippen LogP) is 6.05. The zero-order chi connectivity index (χ0) is 20.2. The van der Waals surface area contributed by atoms with E-state index in [0.717, 1.165) is 34.7 Å². The van der Waals surface area contributed by atoms with E-state index >= 15 is 0 Å². The van der Waals surface area contributed by atoms with Crippen LogP contribution in [-0.4, -0.2) is 12.9 Å². The van der Waals surface area contributed by atoms with Gasteiger partial charge in [0, 0.05) is 29.3 Å². The van der Waals surface area contributed by atoms with Crippen molar-refractivity contribution in [3.05, 3.63) is 83.1 Å². The lowest BCUT2D eigenvalue weighted by Gasteiger charge is -2.40. The predicted molar refractivity (Wildman–Crippen MR) is 117 cm³/mol. The minimum absolute atomic E-state index is 0.0261. The third-order valence-corrected chi connectivity index (χ3v) is 6.20. The molecule has 0 radical (unpaired) electrons. The molecule has 3 nitrogen and oxygen atoms in total. The fourth-order valence-electron chi connectivity index (χ4n) is 4.93. The van der Waals surface area contributed by atoms with Crippen molar-refractivity contribution < 1.29 is 9.53 Å². The zero-order valence-corrected chi connectivity index (χ0v) is 17.1. The van der Waals surface area contributed by atoms with Gasteiger partial charge < -0.3 is 10.1 Å². The minimum Gasteiger partial charge on any atom is -0.497 e. The first-order valence-corrected chi connectivity index (χ1v) is 10.2. The van der Waals surface area contributed by atoms with Gasteiger partial charge in [-0.2, -0.15) is 0 Å². The molecule has 1 N–H and O–H groups in total. The molecular weight excluding hydrogens is 358 g/mol. The Morgan fingerprint density at radius 3 is 2.48 bits per heavy atom. The molecule has 0 unspecified atom stereocenters. The number of anilines is 1. The summed E-state index contributed by atoms with van der Waals surface area (Å²) in [5.74, 6) is 1.01. The van der Waals surface area contributed by atoms with Crippen LogP contribution in [0.25, 0.3) is 10.8 Å². The number of ether oxygens (including phenoxy) is 1. The van der Waals surface area contributed by atoms with Gasteiger partial charge in [-0.3, -0.25) is 4.79 Å². The Bertz CT molecular complexity index is 1160. The number of carbonyl (C=O) groups is 1. The Kier molecular flexibility index (Phi) is 4.02. The van der Waals surface area contributed by atoms with E-state index in [1.165, 1.54) is 16.3 Å². The van der Waals surface area contributed by atoms with Crippen molar-refractivity contribution in [1.29, 1.82) is 0 Å². The summed E-state index contributed by atoms with van der Waals surface area (Å²) in [6.45, 7) is 4.35. The smallest absolute Gasteiger partial charge is 0.162 e. The van der Waals surface area contributed by atoms with Gasteiger partial charge in [0.05, 0.1) is 7.11 Å². The monoisotopic (exact) mass is 383 g/mol. The highest BCUT2D eigenvalue weighted by Crippen LogP contribution is 2.50. The van der Waals surface area contributed by atoms with Crippen LogP contribution in [0.5, 0.6) is 5.75 Å². The summed E-state index contributed by atoms with van der Waals surface area (Å²) in [6, 6.07) is 20.9. The second kappa shape index (κ2) is 6.48. The van der Waals surface area contributed by atoms with Crippen molar-refractivity contribution in [3.63, 3.8) is 0 Å². The van der Waals surface area contributed by atoms with E-state index in [1.807, 2.05) is 12.1 Å². The molecule has 1 aliphatic carbocycles. The van der Waals surface area contributed by atoms with Gasteiger partial charge in [0.1, 0.15) is 5.75 Å². The number of fused-ring (bicyclic) bond motifs is 3. The van der Waals surface area contributed by atoms with E-state index in [-0.39, 0.29) is 17.1 Å². The van der Waals surface area contributed by atoms with Gasteiger partial charge in [-0.05, 0) is 51.9 Å². The van der Waals surface area contributed by atoms with Gasteiger partial charge in [0.2, 0.25) is 0 Å². The molecule has 1 heterocycles. The summed E-state index contributed by atoms with van der Waals surface area (Å²) in [5, 5.41) is 6.02. The molecule has 0 bridgehead atoms. The summed E-state index contributed by atoms with van der Waals surface area (Å²) in [6.07, 6.45) is 1.47. The normalized spacial score (nSPS) is 20.1. The number of Topliss-reactive ketones (excluding diaryl/α,β-unsaturated/α-hetero) is 1. The van der Waals surface area contributed by atoms with Gasteiger partial charge >= 0.3 is 0 Å². The largest absolute Gasteiger partial charge is 0.497 e. The molecule has 2 aliphatic rings. The molecule has 0 aromatic heterocycles. The van der Waals surface area contributed by atoms with Crippen molar-refractivity contribution in [2.75, 3.05) is 12.4 Å². The number of ketones is 1. The van der Waals surface area contributed by atoms with Gasteiger partial charge in [-0.15, -0.1) is 0 Å². The first kappa shape index (κ1) is 18.0. The van der Waals surface area contributed by atoms with Crippen molar-refractivity contribution in [2.24, 2.45) is 5.41 Å². The van der Waals surface area contributed by atoms with Gasteiger partial charge in [0.15, 0.2) is 5.78 Å². The molecule has 3 aromatic rings. The van der Waals surface area contributed by atoms with E-state index in [9.17, 15) is 4.79 Å². The van der Waals surface area contributed by atoms with Crippen LogP contribution in [0.3, 0.4) is 0 Å². The van der Waals surface area contributed by atoms with Crippen molar-refractivity contribution in [2.45, 2.75) is 32.6 Å². The summed E-state index contributed by atoms with van der Waals surface area (Å²) in [7, 11) is 1.68. The van der Waals surface area contributed by atoms with Crippen LogP contribution >= 0.6 is 0 Å². The molecule has 0 spiro atoms. The van der Waals surface area contributed by atoms with Gasteiger partial charge in [-0.25, -0.2) is 0 Å².